The van der Waals surface area contributed by atoms with Gasteiger partial charge in [0.2, 0.25) is 0 Å². The van der Waals surface area contributed by atoms with E-state index in [-0.39, 0.29) is 11.9 Å². The Morgan fingerprint density at radius 1 is 1.12 bits per heavy atom. The van der Waals surface area contributed by atoms with Crippen molar-refractivity contribution in [1.29, 1.82) is 0 Å². The van der Waals surface area contributed by atoms with E-state index in [1.165, 1.54) is 12.5 Å². The summed E-state index contributed by atoms with van der Waals surface area (Å²) in [6.45, 7) is 8.75. The highest BCUT2D eigenvalue weighted by molar-refractivity contribution is 5.19. The summed E-state index contributed by atoms with van der Waals surface area (Å²) in [5.74, 6) is 0.578. The Hall–Kier alpha value is -0.890. The summed E-state index contributed by atoms with van der Waals surface area (Å²) in [6.07, 6.45) is 2.39. The minimum Gasteiger partial charge on any atom is -0.308 e. The third-order valence-electron chi connectivity index (χ3n) is 3.06. The molecular formula is C15H24FN. The molecular weight excluding hydrogens is 213 g/mol. The van der Waals surface area contributed by atoms with Gasteiger partial charge in [0.25, 0.3) is 0 Å². The van der Waals surface area contributed by atoms with Crippen LogP contribution in [0, 0.1) is 11.7 Å². The van der Waals surface area contributed by atoms with Crippen LogP contribution in [-0.4, -0.2) is 6.04 Å². The van der Waals surface area contributed by atoms with Crippen molar-refractivity contribution in [3.8, 4) is 0 Å². The maximum atomic E-state index is 13.1. The van der Waals surface area contributed by atoms with Crippen LogP contribution in [0.1, 0.15) is 52.1 Å². The van der Waals surface area contributed by atoms with Crippen molar-refractivity contribution in [2.24, 2.45) is 5.92 Å². The number of nitrogens with one attached hydrogen (secondary N) is 1. The number of halogens is 1. The summed E-state index contributed by atoms with van der Waals surface area (Å²) < 4.78 is 13.1. The van der Waals surface area contributed by atoms with Crippen LogP contribution in [0.5, 0.6) is 0 Å². The minimum atomic E-state index is -0.161. The zero-order valence-corrected chi connectivity index (χ0v) is 11.3. The Morgan fingerprint density at radius 2 is 1.82 bits per heavy atom. The molecule has 0 bridgehead atoms. The Kier molecular flexibility index (Phi) is 5.63. The molecule has 1 aromatic carbocycles. The average molecular weight is 237 g/mol. The fourth-order valence-electron chi connectivity index (χ4n) is 1.97. The summed E-state index contributed by atoms with van der Waals surface area (Å²) in [4.78, 5) is 0. The maximum absolute atomic E-state index is 13.1. The lowest BCUT2D eigenvalue weighted by molar-refractivity contribution is 0.416. The lowest BCUT2D eigenvalue weighted by Gasteiger charge is -2.21. The van der Waals surface area contributed by atoms with Crippen molar-refractivity contribution in [2.45, 2.75) is 52.6 Å². The van der Waals surface area contributed by atoms with Crippen LogP contribution in [0.2, 0.25) is 0 Å². The highest BCUT2D eigenvalue weighted by Gasteiger charge is 2.10. The fraction of sp³-hybridized carbons (Fsp3) is 0.600. The standard InChI is InChI=1S/C15H24FN/c1-11(2)8-9-12(3)17-13(4)14-6-5-7-15(16)10-14/h5-7,10-13,17H,8-9H2,1-4H3/t12?,13-/m0/s1. The van der Waals surface area contributed by atoms with Crippen molar-refractivity contribution >= 4 is 0 Å². The molecule has 0 aliphatic rings. The fourth-order valence-corrected chi connectivity index (χ4v) is 1.97. The molecule has 0 saturated carbocycles. The van der Waals surface area contributed by atoms with Crippen LogP contribution in [0.4, 0.5) is 4.39 Å². The Bertz CT molecular complexity index is 335. The van der Waals surface area contributed by atoms with E-state index < -0.39 is 0 Å². The van der Waals surface area contributed by atoms with E-state index in [4.69, 9.17) is 0 Å². The molecule has 1 unspecified atom stereocenters. The van der Waals surface area contributed by atoms with Crippen molar-refractivity contribution in [1.82, 2.24) is 5.32 Å². The van der Waals surface area contributed by atoms with Crippen molar-refractivity contribution in [2.75, 3.05) is 0 Å². The van der Waals surface area contributed by atoms with Crippen LogP contribution in [0.3, 0.4) is 0 Å². The van der Waals surface area contributed by atoms with Gasteiger partial charge in [-0.25, -0.2) is 4.39 Å². The molecule has 17 heavy (non-hydrogen) atoms. The van der Waals surface area contributed by atoms with Gasteiger partial charge >= 0.3 is 0 Å². The minimum absolute atomic E-state index is 0.161. The van der Waals surface area contributed by atoms with Crippen LogP contribution in [0.25, 0.3) is 0 Å². The SMILES string of the molecule is CC(C)CCC(C)N[C@@H](C)c1cccc(F)c1. The Balaban J connectivity index is 2.45. The molecule has 0 aliphatic carbocycles. The molecule has 1 nitrogen and oxygen atoms in total. The smallest absolute Gasteiger partial charge is 0.123 e. The highest BCUT2D eigenvalue weighted by Crippen LogP contribution is 2.16. The number of rotatable bonds is 6. The van der Waals surface area contributed by atoms with Crippen LogP contribution < -0.4 is 5.32 Å². The first-order valence-corrected chi connectivity index (χ1v) is 6.50. The zero-order valence-electron chi connectivity index (χ0n) is 11.3. The Morgan fingerprint density at radius 3 is 2.41 bits per heavy atom. The van der Waals surface area contributed by atoms with E-state index in [2.05, 4.69) is 33.0 Å². The van der Waals surface area contributed by atoms with Gasteiger partial charge in [0.15, 0.2) is 0 Å². The second-order valence-electron chi connectivity index (χ2n) is 5.32. The monoisotopic (exact) mass is 237 g/mol. The van der Waals surface area contributed by atoms with Gasteiger partial charge in [0.05, 0.1) is 0 Å². The second-order valence-corrected chi connectivity index (χ2v) is 5.32. The summed E-state index contributed by atoms with van der Waals surface area (Å²) in [6, 6.07) is 7.49. The van der Waals surface area contributed by atoms with Crippen molar-refractivity contribution in [3.05, 3.63) is 35.6 Å². The second kappa shape index (κ2) is 6.75. The lowest BCUT2D eigenvalue weighted by atomic mass is 10.0. The largest absolute Gasteiger partial charge is 0.308 e. The molecule has 2 atom stereocenters. The first-order chi connectivity index (χ1) is 7.99. The van der Waals surface area contributed by atoms with E-state index in [1.807, 2.05) is 6.07 Å². The molecule has 1 N–H and O–H groups in total. The summed E-state index contributed by atoms with van der Waals surface area (Å²) >= 11 is 0. The molecule has 0 aromatic heterocycles. The average Bonchev–Trinajstić information content (AvgIpc) is 2.26. The van der Waals surface area contributed by atoms with Crippen LogP contribution >= 0.6 is 0 Å². The van der Waals surface area contributed by atoms with E-state index in [0.29, 0.717) is 6.04 Å². The molecule has 2 heteroatoms. The quantitative estimate of drug-likeness (QED) is 0.777. The molecule has 0 radical (unpaired) electrons. The molecule has 96 valence electrons. The van der Waals surface area contributed by atoms with Gasteiger partial charge in [-0.1, -0.05) is 26.0 Å². The van der Waals surface area contributed by atoms with Gasteiger partial charge in [-0.05, 0) is 50.3 Å². The molecule has 0 heterocycles. The van der Waals surface area contributed by atoms with E-state index in [9.17, 15) is 4.39 Å². The summed E-state index contributed by atoms with van der Waals surface area (Å²) in [7, 11) is 0. The van der Waals surface area contributed by atoms with Crippen molar-refractivity contribution < 1.29 is 4.39 Å². The molecule has 0 saturated heterocycles. The third-order valence-corrected chi connectivity index (χ3v) is 3.06. The van der Waals surface area contributed by atoms with Gasteiger partial charge < -0.3 is 5.32 Å². The van der Waals surface area contributed by atoms with Gasteiger partial charge in [0.1, 0.15) is 5.82 Å². The molecule has 0 aliphatic heterocycles. The third kappa shape index (κ3) is 5.31. The maximum Gasteiger partial charge on any atom is 0.123 e. The first-order valence-electron chi connectivity index (χ1n) is 6.50. The number of benzene rings is 1. The highest BCUT2D eigenvalue weighted by atomic mass is 19.1. The Labute approximate surface area is 104 Å². The molecule has 1 rings (SSSR count). The molecule has 1 aromatic rings. The summed E-state index contributed by atoms with van der Waals surface area (Å²) in [5, 5.41) is 3.51. The van der Waals surface area contributed by atoms with E-state index in [0.717, 1.165) is 17.9 Å². The van der Waals surface area contributed by atoms with E-state index >= 15 is 0 Å². The predicted octanol–water partition coefficient (Wildman–Crippen LogP) is 4.30. The van der Waals surface area contributed by atoms with Gasteiger partial charge in [-0.3, -0.25) is 0 Å². The predicted molar refractivity (Wildman–Crippen MR) is 71.5 cm³/mol. The van der Waals surface area contributed by atoms with Gasteiger partial charge in [-0.15, -0.1) is 0 Å². The number of hydrogen-bond acceptors (Lipinski definition) is 1. The van der Waals surface area contributed by atoms with Gasteiger partial charge in [-0.2, -0.15) is 0 Å². The first kappa shape index (κ1) is 14.2. The summed E-state index contributed by atoms with van der Waals surface area (Å²) in [5.41, 5.74) is 1.02. The topological polar surface area (TPSA) is 12.0 Å². The molecule has 0 amide bonds. The normalized spacial score (nSPS) is 14.9. The molecule has 0 fully saturated rings. The van der Waals surface area contributed by atoms with Crippen molar-refractivity contribution in [3.63, 3.8) is 0 Å². The van der Waals surface area contributed by atoms with Gasteiger partial charge in [0, 0.05) is 12.1 Å². The number of hydrogen-bond donors (Lipinski definition) is 1. The lowest BCUT2D eigenvalue weighted by Crippen LogP contribution is -2.29. The van der Waals surface area contributed by atoms with E-state index in [1.54, 1.807) is 12.1 Å². The zero-order chi connectivity index (χ0) is 12.8. The molecule has 0 spiro atoms. The van der Waals surface area contributed by atoms with Crippen LogP contribution in [0.15, 0.2) is 24.3 Å². The van der Waals surface area contributed by atoms with Crippen LogP contribution in [-0.2, 0) is 0 Å².